The minimum absolute atomic E-state index is 0. The molecule has 0 fully saturated rings. The van der Waals surface area contributed by atoms with Gasteiger partial charge in [-0.25, -0.2) is 9.97 Å². The molecule has 1 radical (unpaired) electrons. The zero-order valence-electron chi connectivity index (χ0n) is 59.2. The molecule has 13 heteroatoms. The maximum absolute atomic E-state index is 6.71. The molecule has 3 aromatic heterocycles. The van der Waals surface area contributed by atoms with E-state index < -0.39 is 0 Å². The topological polar surface area (TPSA) is 142 Å². The average Bonchev–Trinajstić information content (AvgIpc) is 1.60. The van der Waals surface area contributed by atoms with E-state index in [0.717, 1.165) is 22.3 Å². The first-order valence-corrected chi connectivity index (χ1v) is 35.1. The van der Waals surface area contributed by atoms with Crippen LogP contribution in [0.25, 0.3) is 89.7 Å². The van der Waals surface area contributed by atoms with Crippen molar-refractivity contribution in [1.82, 2.24) is 39.9 Å². The first-order valence-electron chi connectivity index (χ1n) is 35.1. The molecule has 0 unspecified atom stereocenters. The fraction of sp³-hybridized carbons (Fsp3) is 0.130. The molecule has 2 aliphatic rings. The van der Waals surface area contributed by atoms with Gasteiger partial charge in [-0.05, 0) is 187 Å². The summed E-state index contributed by atoms with van der Waals surface area (Å²) in [6.07, 6.45) is 0. The largest absolute Gasteiger partial charge is 2.00 e. The standard InChI is InChI=1S/C92H72N8O4.Cu/c1-89(2,57-21-13-9-14-22-57)61-29-37-65(38-30-61)101-69-45-49-73-77(53-69)85-93-81(73)98-86-79-55-71(103-67-41-33-63(34-42-67)91(5,6)59-25-17-11-18-26-59)47-51-75(79)83(95-86)100-88-80-56-72(104-68-43-35-64(36-44-68)92(7,8)60-27-19-12-20-28-60)48-52-76(80)84(96-88)99-87-78-54-70(46-50-74(78)82(94-87)97-85)102-66-39-31-62(32-40-66)90(3,4)58-23-15-10-16-24-58;/h9-56H,1-8H3;/q-2;+2. The van der Waals surface area contributed by atoms with Gasteiger partial charge in [-0.2, -0.15) is 0 Å². The van der Waals surface area contributed by atoms with E-state index in [4.69, 9.17) is 58.8 Å². The van der Waals surface area contributed by atoms with Gasteiger partial charge in [-0.15, -0.1) is 0 Å². The van der Waals surface area contributed by atoms with Gasteiger partial charge in [-0.1, -0.05) is 225 Å². The van der Waals surface area contributed by atoms with Crippen molar-refractivity contribution < 1.29 is 36.0 Å². The van der Waals surface area contributed by atoms with E-state index in [9.17, 15) is 0 Å². The van der Waals surface area contributed by atoms with Crippen LogP contribution < -0.4 is 28.9 Å². The normalized spacial score (nSPS) is 12.1. The second-order valence-corrected chi connectivity index (χ2v) is 28.8. The number of benzene rings is 12. The molecule has 0 atom stereocenters. The Bertz CT molecular complexity index is 5580. The Morgan fingerprint density at radius 1 is 0.210 bits per heavy atom. The molecule has 0 aliphatic carbocycles. The second-order valence-electron chi connectivity index (χ2n) is 28.8. The van der Waals surface area contributed by atoms with Crippen molar-refractivity contribution in [2.75, 3.05) is 0 Å². The predicted octanol–water partition coefficient (Wildman–Crippen LogP) is 22.6. The van der Waals surface area contributed by atoms with E-state index in [0.29, 0.717) is 136 Å². The number of fused-ring (bicyclic) bond motifs is 20. The zero-order chi connectivity index (χ0) is 70.9. The van der Waals surface area contributed by atoms with Gasteiger partial charge in [0.15, 0.2) is 0 Å². The van der Waals surface area contributed by atoms with Crippen molar-refractivity contribution in [3.63, 3.8) is 0 Å². The summed E-state index contributed by atoms with van der Waals surface area (Å²) in [6.45, 7) is 17.9. The molecule has 105 heavy (non-hydrogen) atoms. The number of aromatic nitrogens is 8. The van der Waals surface area contributed by atoms with Crippen molar-refractivity contribution >= 4 is 44.1 Å². The first-order chi connectivity index (χ1) is 50.4. The fourth-order valence-electron chi connectivity index (χ4n) is 14.2. The summed E-state index contributed by atoms with van der Waals surface area (Å²) < 4.78 is 26.8. The molecule has 0 saturated carbocycles. The third-order valence-corrected chi connectivity index (χ3v) is 20.8. The Morgan fingerprint density at radius 2 is 0.429 bits per heavy atom. The molecular weight excluding hydrogens is 1340 g/mol. The van der Waals surface area contributed by atoms with Crippen molar-refractivity contribution in [1.29, 1.82) is 0 Å². The maximum atomic E-state index is 6.71. The Hall–Kier alpha value is -12.3. The summed E-state index contributed by atoms with van der Waals surface area (Å²) in [4.78, 5) is 42.7. The summed E-state index contributed by atoms with van der Waals surface area (Å²) in [5.74, 6) is 6.52. The van der Waals surface area contributed by atoms with Crippen LogP contribution in [0.15, 0.2) is 291 Å². The SMILES string of the molecule is CC(C)(c1ccccc1)c1ccc(Oc2ccc3c(c2)-c2nc-3nc3[n-]c(nc4nc(nc5[n-]c(n2)c2ccc(Oc6ccc(C(C)(C)c7ccccc7)cc6)cc52)-c2ccc(Oc5ccc(C(C)(C)c6ccccc6)cc5)cc2-4)c2ccc(Oc4ccc(C(C)(C)c5ccccc5)cc4)cc32)cc1.[Cu+2]. The molecule has 8 bridgehead atoms. The Kier molecular flexibility index (Phi) is 17.2. The molecule has 12 aromatic carbocycles. The third kappa shape index (κ3) is 12.8. The van der Waals surface area contributed by atoms with Gasteiger partial charge in [-0.3, -0.25) is 0 Å². The number of rotatable bonds is 16. The maximum Gasteiger partial charge on any atom is 2.00 e. The smallest absolute Gasteiger partial charge is 0.457 e. The van der Waals surface area contributed by atoms with Crippen molar-refractivity contribution in [2.24, 2.45) is 0 Å². The van der Waals surface area contributed by atoms with E-state index in [1.165, 1.54) is 22.3 Å². The number of hydrogen-bond acceptors (Lipinski definition) is 10. The van der Waals surface area contributed by atoms with Gasteiger partial charge < -0.3 is 48.9 Å². The van der Waals surface area contributed by atoms with Crippen LogP contribution in [-0.2, 0) is 38.7 Å². The van der Waals surface area contributed by atoms with Crippen LogP contribution in [0, 0.1) is 0 Å². The van der Waals surface area contributed by atoms with Gasteiger partial charge in [0.2, 0.25) is 0 Å². The average molecular weight is 1420 g/mol. The van der Waals surface area contributed by atoms with Crippen LogP contribution in [0.5, 0.6) is 46.0 Å². The van der Waals surface area contributed by atoms with Crippen LogP contribution in [0.3, 0.4) is 0 Å². The molecular formula is C92H72CuN8O4. The Balaban J connectivity index is 0.00000847. The van der Waals surface area contributed by atoms with Crippen LogP contribution in [0.1, 0.15) is 99.9 Å². The van der Waals surface area contributed by atoms with Crippen LogP contribution >= 0.6 is 0 Å². The summed E-state index contributed by atoms with van der Waals surface area (Å²) in [7, 11) is 0. The molecule has 0 N–H and O–H groups in total. The van der Waals surface area contributed by atoms with Crippen LogP contribution in [0.2, 0.25) is 0 Å². The Labute approximate surface area is 620 Å². The minimum atomic E-state index is -0.231. The van der Waals surface area contributed by atoms with Gasteiger partial charge in [0, 0.05) is 66.5 Å². The van der Waals surface area contributed by atoms with Crippen molar-refractivity contribution in [2.45, 2.75) is 77.0 Å². The first kappa shape index (κ1) is 67.2. The predicted molar refractivity (Wildman–Crippen MR) is 414 cm³/mol. The van der Waals surface area contributed by atoms with Crippen molar-refractivity contribution in [3.05, 3.63) is 336 Å². The van der Waals surface area contributed by atoms with E-state index in [1.54, 1.807) is 0 Å². The van der Waals surface area contributed by atoms with E-state index in [2.05, 4.69) is 201 Å². The van der Waals surface area contributed by atoms with Crippen molar-refractivity contribution in [3.8, 4) is 91.5 Å². The van der Waals surface area contributed by atoms with Gasteiger partial charge in [0.1, 0.15) is 46.0 Å². The number of ether oxygens (including phenoxy) is 4. The van der Waals surface area contributed by atoms with Gasteiger partial charge in [0.05, 0.1) is 23.3 Å². The van der Waals surface area contributed by atoms with E-state index in [1.807, 2.05) is 146 Å². The van der Waals surface area contributed by atoms with Gasteiger partial charge >= 0.3 is 17.1 Å². The minimum Gasteiger partial charge on any atom is -0.457 e. The van der Waals surface area contributed by atoms with Gasteiger partial charge in [0.25, 0.3) is 0 Å². The van der Waals surface area contributed by atoms with Crippen LogP contribution in [0.4, 0.5) is 0 Å². The molecule has 0 spiro atoms. The summed E-state index contributed by atoms with van der Waals surface area (Å²) >= 11 is 0. The molecule has 515 valence electrons. The second kappa shape index (κ2) is 26.8. The summed E-state index contributed by atoms with van der Waals surface area (Å²) in [5.41, 5.74) is 12.9. The van der Waals surface area contributed by atoms with E-state index >= 15 is 0 Å². The molecule has 15 aromatic rings. The third-order valence-electron chi connectivity index (χ3n) is 20.8. The number of hydrogen-bond donors (Lipinski definition) is 0. The van der Waals surface area contributed by atoms with Crippen LogP contribution in [-0.4, -0.2) is 29.9 Å². The summed E-state index contributed by atoms with van der Waals surface area (Å²) in [6, 6.07) is 98.7. The molecule has 12 nitrogen and oxygen atoms in total. The molecule has 2 aliphatic heterocycles. The molecule has 17 rings (SSSR count). The Morgan fingerprint density at radius 3 is 0.705 bits per heavy atom. The zero-order valence-corrected chi connectivity index (χ0v) is 60.2. The summed E-state index contributed by atoms with van der Waals surface area (Å²) in [5, 5.41) is 2.79. The quantitative estimate of drug-likeness (QED) is 0.0850. The van der Waals surface area contributed by atoms with E-state index in [-0.39, 0.29) is 38.7 Å². The fourth-order valence-corrected chi connectivity index (χ4v) is 14.2. The molecule has 0 amide bonds. The monoisotopic (exact) mass is 1420 g/mol. The number of nitrogens with zero attached hydrogens (tertiary/aromatic N) is 8. The molecule has 5 heterocycles. The molecule has 0 saturated heterocycles.